The largest absolute Gasteiger partial charge is 0.323 e. The fourth-order valence-electron chi connectivity index (χ4n) is 2.26. The van der Waals surface area contributed by atoms with Crippen LogP contribution >= 0.6 is 11.8 Å². The highest BCUT2D eigenvalue weighted by atomic mass is 32.2. The summed E-state index contributed by atoms with van der Waals surface area (Å²) in [7, 11) is 0. The van der Waals surface area contributed by atoms with Gasteiger partial charge in [0.1, 0.15) is 11.5 Å². The number of aromatic nitrogens is 1. The molecule has 0 atom stereocenters. The summed E-state index contributed by atoms with van der Waals surface area (Å²) >= 11 is 1.37. The van der Waals surface area contributed by atoms with Crippen molar-refractivity contribution in [2.45, 2.75) is 4.90 Å². The van der Waals surface area contributed by atoms with E-state index in [2.05, 4.69) is 15.6 Å². The molecule has 5 nitrogen and oxygen atoms in total. The van der Waals surface area contributed by atoms with Gasteiger partial charge in [-0.05, 0) is 42.5 Å². The lowest BCUT2D eigenvalue weighted by Crippen LogP contribution is -2.18. The van der Waals surface area contributed by atoms with Crippen LogP contribution in [0.2, 0.25) is 0 Å². The summed E-state index contributed by atoms with van der Waals surface area (Å²) in [6, 6.07) is 18.2. The third kappa shape index (κ3) is 5.39. The van der Waals surface area contributed by atoms with Gasteiger partial charge in [-0.25, -0.2) is 4.39 Å². The molecule has 0 aliphatic carbocycles. The third-order valence-corrected chi connectivity index (χ3v) is 4.53. The van der Waals surface area contributed by atoms with Crippen molar-refractivity contribution in [1.82, 2.24) is 4.98 Å². The van der Waals surface area contributed by atoms with E-state index in [1.807, 2.05) is 30.3 Å². The van der Waals surface area contributed by atoms with E-state index in [-0.39, 0.29) is 23.0 Å². The molecular weight excluding hydrogens is 365 g/mol. The molecule has 2 N–H and O–H groups in total. The predicted molar refractivity (Wildman–Crippen MR) is 104 cm³/mol. The number of rotatable bonds is 6. The van der Waals surface area contributed by atoms with Crippen molar-refractivity contribution in [2.75, 3.05) is 16.4 Å². The van der Waals surface area contributed by atoms with E-state index in [9.17, 15) is 14.0 Å². The number of halogens is 1. The highest BCUT2D eigenvalue weighted by molar-refractivity contribution is 8.00. The third-order valence-electron chi connectivity index (χ3n) is 3.51. The maximum absolute atomic E-state index is 13.6. The molecule has 0 unspecified atom stereocenters. The second kappa shape index (κ2) is 8.95. The lowest BCUT2D eigenvalue weighted by Gasteiger charge is -2.12. The molecule has 2 amide bonds. The van der Waals surface area contributed by atoms with Gasteiger partial charge in [0, 0.05) is 11.1 Å². The van der Waals surface area contributed by atoms with Crippen LogP contribution in [0.15, 0.2) is 77.8 Å². The van der Waals surface area contributed by atoms with Crippen molar-refractivity contribution in [1.29, 1.82) is 0 Å². The minimum absolute atomic E-state index is 0.161. The summed E-state index contributed by atoms with van der Waals surface area (Å²) < 4.78 is 13.6. The molecule has 27 heavy (non-hydrogen) atoms. The lowest BCUT2D eigenvalue weighted by molar-refractivity contribution is -0.113. The molecular formula is C20H16FN3O2S. The maximum atomic E-state index is 13.6. The van der Waals surface area contributed by atoms with Crippen molar-refractivity contribution in [3.05, 3.63) is 84.4 Å². The van der Waals surface area contributed by atoms with E-state index >= 15 is 0 Å². The van der Waals surface area contributed by atoms with Crippen LogP contribution in [0.5, 0.6) is 0 Å². The number of nitrogens with one attached hydrogen (secondary N) is 2. The predicted octanol–water partition coefficient (Wildman–Crippen LogP) is 4.20. The first-order chi connectivity index (χ1) is 13.1. The zero-order chi connectivity index (χ0) is 19.1. The van der Waals surface area contributed by atoms with Crippen LogP contribution in [0.3, 0.4) is 0 Å². The topological polar surface area (TPSA) is 71.1 Å². The molecule has 1 heterocycles. The lowest BCUT2D eigenvalue weighted by atomic mass is 10.2. The summed E-state index contributed by atoms with van der Waals surface area (Å²) in [5.74, 6) is -1.11. The summed E-state index contributed by atoms with van der Waals surface area (Å²) in [5, 5.41) is 5.29. The number of anilines is 2. The first-order valence-corrected chi connectivity index (χ1v) is 9.10. The van der Waals surface area contributed by atoms with E-state index < -0.39 is 11.7 Å². The molecule has 136 valence electrons. The Kier molecular flexibility index (Phi) is 6.17. The smallest absolute Gasteiger partial charge is 0.274 e. The second-order valence-corrected chi connectivity index (χ2v) is 6.56. The molecule has 1 aromatic heterocycles. The molecule has 7 heteroatoms. The minimum atomic E-state index is -0.517. The van der Waals surface area contributed by atoms with Crippen LogP contribution < -0.4 is 10.6 Å². The number of thioether (sulfide) groups is 1. The first kappa shape index (κ1) is 18.6. The van der Waals surface area contributed by atoms with Crippen LogP contribution in [0, 0.1) is 5.82 Å². The van der Waals surface area contributed by atoms with Gasteiger partial charge in [0.05, 0.1) is 17.1 Å². The molecule has 3 aromatic rings. The van der Waals surface area contributed by atoms with Gasteiger partial charge in [-0.2, -0.15) is 0 Å². The van der Waals surface area contributed by atoms with E-state index in [0.717, 1.165) is 4.90 Å². The van der Waals surface area contributed by atoms with Crippen molar-refractivity contribution < 1.29 is 14.0 Å². The number of nitrogens with zero attached hydrogens (tertiary/aromatic N) is 1. The average Bonchev–Trinajstić information content (AvgIpc) is 2.70. The Hall–Kier alpha value is -3.19. The molecule has 0 saturated carbocycles. The standard InChI is InChI=1S/C20H16FN3O2S/c21-14-9-10-16(24-20(26)17-8-4-5-11-22-17)18(12-14)23-19(25)13-27-15-6-2-1-3-7-15/h1-12H,13H2,(H,23,25)(H,24,26). The number of benzene rings is 2. The number of hydrogen-bond donors (Lipinski definition) is 2. The van der Waals surface area contributed by atoms with Crippen molar-refractivity contribution in [3.8, 4) is 0 Å². The maximum Gasteiger partial charge on any atom is 0.274 e. The van der Waals surface area contributed by atoms with E-state index in [4.69, 9.17) is 0 Å². The molecule has 0 aliphatic heterocycles. The first-order valence-electron chi connectivity index (χ1n) is 8.11. The quantitative estimate of drug-likeness (QED) is 0.628. The Labute approximate surface area is 160 Å². The Bertz CT molecular complexity index is 936. The van der Waals surface area contributed by atoms with Gasteiger partial charge < -0.3 is 10.6 Å². The van der Waals surface area contributed by atoms with Crippen molar-refractivity contribution >= 4 is 35.0 Å². The number of hydrogen-bond acceptors (Lipinski definition) is 4. The Balaban J connectivity index is 1.68. The molecule has 0 radical (unpaired) electrons. The number of amides is 2. The van der Waals surface area contributed by atoms with Gasteiger partial charge in [-0.1, -0.05) is 24.3 Å². The van der Waals surface area contributed by atoms with Gasteiger partial charge in [0.25, 0.3) is 5.91 Å². The SMILES string of the molecule is O=C(CSc1ccccc1)Nc1cc(F)ccc1NC(=O)c1ccccn1. The van der Waals surface area contributed by atoms with E-state index in [0.29, 0.717) is 5.69 Å². The average molecular weight is 381 g/mol. The monoisotopic (exact) mass is 381 g/mol. The van der Waals surface area contributed by atoms with Gasteiger partial charge in [-0.3, -0.25) is 14.6 Å². The number of pyridine rings is 1. The molecule has 0 aliphatic rings. The zero-order valence-corrected chi connectivity index (χ0v) is 15.0. The number of carbonyl (C=O) groups excluding carboxylic acids is 2. The van der Waals surface area contributed by atoms with E-state index in [1.165, 1.54) is 36.2 Å². The van der Waals surface area contributed by atoms with Gasteiger partial charge in [0.2, 0.25) is 5.91 Å². The normalized spacial score (nSPS) is 10.3. The van der Waals surface area contributed by atoms with Gasteiger partial charge in [-0.15, -0.1) is 11.8 Å². The summed E-state index contributed by atoms with van der Waals surface area (Å²) in [5.41, 5.74) is 0.710. The molecule has 0 fully saturated rings. The summed E-state index contributed by atoms with van der Waals surface area (Å²) in [6.45, 7) is 0. The molecule has 0 spiro atoms. The van der Waals surface area contributed by atoms with Crippen LogP contribution in [0.1, 0.15) is 10.5 Å². The Morgan fingerprint density at radius 2 is 1.70 bits per heavy atom. The summed E-state index contributed by atoms with van der Waals surface area (Å²) in [6.07, 6.45) is 1.50. The van der Waals surface area contributed by atoms with Crippen LogP contribution in [0.4, 0.5) is 15.8 Å². The van der Waals surface area contributed by atoms with Crippen LogP contribution in [-0.4, -0.2) is 22.6 Å². The van der Waals surface area contributed by atoms with Crippen LogP contribution in [-0.2, 0) is 4.79 Å². The molecule has 2 aromatic carbocycles. The molecule has 0 bridgehead atoms. The van der Waals surface area contributed by atoms with Crippen molar-refractivity contribution in [3.63, 3.8) is 0 Å². The van der Waals surface area contributed by atoms with E-state index in [1.54, 1.807) is 18.2 Å². The highest BCUT2D eigenvalue weighted by Crippen LogP contribution is 2.24. The Morgan fingerprint density at radius 3 is 2.44 bits per heavy atom. The zero-order valence-electron chi connectivity index (χ0n) is 14.2. The van der Waals surface area contributed by atoms with Gasteiger partial charge >= 0.3 is 0 Å². The second-order valence-electron chi connectivity index (χ2n) is 5.51. The molecule has 3 rings (SSSR count). The summed E-state index contributed by atoms with van der Waals surface area (Å²) in [4.78, 5) is 29.4. The fourth-order valence-corrected chi connectivity index (χ4v) is 2.98. The van der Waals surface area contributed by atoms with Crippen molar-refractivity contribution in [2.24, 2.45) is 0 Å². The van der Waals surface area contributed by atoms with Crippen LogP contribution in [0.25, 0.3) is 0 Å². The number of carbonyl (C=O) groups is 2. The van der Waals surface area contributed by atoms with Gasteiger partial charge in [0.15, 0.2) is 0 Å². The fraction of sp³-hybridized carbons (Fsp3) is 0.0500. The molecule has 0 saturated heterocycles. The Morgan fingerprint density at radius 1 is 0.926 bits per heavy atom. The highest BCUT2D eigenvalue weighted by Gasteiger charge is 2.13. The minimum Gasteiger partial charge on any atom is -0.323 e.